The highest BCUT2D eigenvalue weighted by atomic mass is 35.5. The predicted octanol–water partition coefficient (Wildman–Crippen LogP) is 4.85. The third kappa shape index (κ3) is 3.72. The summed E-state index contributed by atoms with van der Waals surface area (Å²) in [7, 11) is 0. The number of rotatable bonds is 2. The summed E-state index contributed by atoms with van der Waals surface area (Å²) in [4.78, 5) is 25.9. The SMILES string of the molecule is Cc1cccc(NC(=O)N2C=CC(=O)CC2c2ccc(F)cc2)c1Cl. The Kier molecular flexibility index (Phi) is 4.86. The first-order chi connectivity index (χ1) is 12.0. The molecule has 2 aromatic rings. The number of hydrogen-bond donors (Lipinski definition) is 1. The fraction of sp³-hybridized carbons (Fsp3) is 0.158. The molecule has 0 saturated carbocycles. The second-order valence-corrected chi connectivity index (χ2v) is 6.21. The third-order valence-corrected chi connectivity index (χ3v) is 4.58. The Morgan fingerprint density at radius 2 is 1.96 bits per heavy atom. The molecule has 2 amide bonds. The van der Waals surface area contributed by atoms with E-state index in [0.717, 1.165) is 5.56 Å². The number of nitrogens with zero attached hydrogens (tertiary/aromatic N) is 1. The average Bonchev–Trinajstić information content (AvgIpc) is 2.59. The number of hydrogen-bond acceptors (Lipinski definition) is 2. The first-order valence-electron chi connectivity index (χ1n) is 7.76. The van der Waals surface area contributed by atoms with Crippen LogP contribution >= 0.6 is 11.6 Å². The molecule has 0 radical (unpaired) electrons. The molecule has 3 rings (SSSR count). The fourth-order valence-electron chi connectivity index (χ4n) is 2.72. The van der Waals surface area contributed by atoms with Gasteiger partial charge in [-0.05, 0) is 42.3 Å². The summed E-state index contributed by atoms with van der Waals surface area (Å²) in [6.45, 7) is 1.85. The van der Waals surface area contributed by atoms with Crippen molar-refractivity contribution in [3.8, 4) is 0 Å². The van der Waals surface area contributed by atoms with Crippen molar-refractivity contribution in [2.75, 3.05) is 5.32 Å². The molecule has 1 atom stereocenters. The Morgan fingerprint density at radius 3 is 2.68 bits per heavy atom. The number of ketones is 1. The molecule has 1 unspecified atom stereocenters. The number of carbonyl (C=O) groups is 2. The highest BCUT2D eigenvalue weighted by Gasteiger charge is 2.29. The van der Waals surface area contributed by atoms with Crippen LogP contribution in [0.2, 0.25) is 5.02 Å². The normalized spacial score (nSPS) is 16.8. The molecule has 2 aromatic carbocycles. The summed E-state index contributed by atoms with van der Waals surface area (Å²) >= 11 is 6.22. The van der Waals surface area contributed by atoms with Crippen molar-refractivity contribution in [1.29, 1.82) is 0 Å². The Balaban J connectivity index is 1.88. The van der Waals surface area contributed by atoms with Crippen molar-refractivity contribution >= 4 is 29.1 Å². The van der Waals surface area contributed by atoms with E-state index in [9.17, 15) is 14.0 Å². The molecule has 0 saturated heterocycles. The maximum atomic E-state index is 13.2. The number of amides is 2. The molecular weight excluding hydrogens is 343 g/mol. The van der Waals surface area contributed by atoms with Crippen LogP contribution in [0.1, 0.15) is 23.6 Å². The summed E-state index contributed by atoms with van der Waals surface area (Å²) in [6.07, 6.45) is 2.94. The van der Waals surface area contributed by atoms with Crippen molar-refractivity contribution in [2.45, 2.75) is 19.4 Å². The van der Waals surface area contributed by atoms with Crippen molar-refractivity contribution in [3.05, 3.63) is 76.7 Å². The smallest absolute Gasteiger partial charge is 0.306 e. The minimum Gasteiger partial charge on any atom is -0.306 e. The molecule has 0 spiro atoms. The highest BCUT2D eigenvalue weighted by molar-refractivity contribution is 6.34. The number of anilines is 1. The standard InChI is InChI=1S/C19H16ClFN2O2/c1-12-3-2-4-16(18(12)20)22-19(25)23-10-9-15(24)11-17(23)13-5-7-14(21)8-6-13/h2-10,17H,11H2,1H3,(H,22,25). The lowest BCUT2D eigenvalue weighted by atomic mass is 9.97. The van der Waals surface area contributed by atoms with Gasteiger partial charge in [-0.15, -0.1) is 0 Å². The van der Waals surface area contributed by atoms with Gasteiger partial charge < -0.3 is 5.32 Å². The van der Waals surface area contributed by atoms with Gasteiger partial charge in [0.2, 0.25) is 0 Å². The van der Waals surface area contributed by atoms with E-state index in [4.69, 9.17) is 11.6 Å². The molecule has 1 heterocycles. The quantitative estimate of drug-likeness (QED) is 0.834. The van der Waals surface area contributed by atoms with Gasteiger partial charge in [0.25, 0.3) is 0 Å². The predicted molar refractivity (Wildman–Crippen MR) is 95.0 cm³/mol. The maximum Gasteiger partial charge on any atom is 0.326 e. The molecule has 4 nitrogen and oxygen atoms in total. The average molecular weight is 359 g/mol. The number of halogens is 2. The topological polar surface area (TPSA) is 49.4 Å². The molecule has 0 aromatic heterocycles. The van der Waals surface area contributed by atoms with Crippen LogP contribution in [0.3, 0.4) is 0 Å². The molecule has 25 heavy (non-hydrogen) atoms. The van der Waals surface area contributed by atoms with Gasteiger partial charge in [-0.3, -0.25) is 9.69 Å². The van der Waals surface area contributed by atoms with E-state index in [-0.39, 0.29) is 18.0 Å². The van der Waals surface area contributed by atoms with Gasteiger partial charge in [0, 0.05) is 12.6 Å². The summed E-state index contributed by atoms with van der Waals surface area (Å²) in [5.41, 5.74) is 2.03. The van der Waals surface area contributed by atoms with Crippen LogP contribution in [0.5, 0.6) is 0 Å². The van der Waals surface area contributed by atoms with Crippen molar-refractivity contribution in [3.63, 3.8) is 0 Å². The summed E-state index contributed by atoms with van der Waals surface area (Å²) in [5, 5.41) is 3.23. The van der Waals surface area contributed by atoms with Gasteiger partial charge in [-0.2, -0.15) is 0 Å². The molecule has 1 aliphatic rings. The van der Waals surface area contributed by atoms with E-state index >= 15 is 0 Å². The molecule has 0 aliphatic carbocycles. The first-order valence-corrected chi connectivity index (χ1v) is 8.14. The van der Waals surface area contributed by atoms with Crippen LogP contribution < -0.4 is 5.32 Å². The zero-order valence-electron chi connectivity index (χ0n) is 13.5. The minimum atomic E-state index is -0.498. The zero-order valence-corrected chi connectivity index (χ0v) is 14.3. The Bertz CT molecular complexity index is 849. The van der Waals surface area contributed by atoms with E-state index in [1.165, 1.54) is 29.3 Å². The highest BCUT2D eigenvalue weighted by Crippen LogP contribution is 2.31. The van der Waals surface area contributed by atoms with Crippen molar-refractivity contribution < 1.29 is 14.0 Å². The lowest BCUT2D eigenvalue weighted by molar-refractivity contribution is -0.116. The van der Waals surface area contributed by atoms with E-state index in [0.29, 0.717) is 16.3 Å². The number of urea groups is 1. The largest absolute Gasteiger partial charge is 0.326 e. The molecule has 128 valence electrons. The fourth-order valence-corrected chi connectivity index (χ4v) is 2.89. The van der Waals surface area contributed by atoms with Crippen molar-refractivity contribution in [1.82, 2.24) is 4.90 Å². The van der Waals surface area contributed by atoms with Crippen LogP contribution in [0, 0.1) is 12.7 Å². The molecule has 6 heteroatoms. The first kappa shape index (κ1) is 17.2. The van der Waals surface area contributed by atoms with Crippen LogP contribution in [0.4, 0.5) is 14.9 Å². The molecule has 0 fully saturated rings. The second-order valence-electron chi connectivity index (χ2n) is 5.83. The van der Waals surface area contributed by atoms with E-state index in [1.54, 1.807) is 24.3 Å². The summed E-state index contributed by atoms with van der Waals surface area (Å²) in [6, 6.07) is 10.2. The molecular formula is C19H16ClFN2O2. The Morgan fingerprint density at radius 1 is 1.24 bits per heavy atom. The number of nitrogens with one attached hydrogen (secondary N) is 1. The Hall–Kier alpha value is -2.66. The van der Waals surface area contributed by atoms with Gasteiger partial charge in [0.15, 0.2) is 5.78 Å². The van der Waals surface area contributed by atoms with E-state index in [1.807, 2.05) is 13.0 Å². The van der Waals surface area contributed by atoms with Gasteiger partial charge in [-0.25, -0.2) is 9.18 Å². The van der Waals surface area contributed by atoms with Gasteiger partial charge in [-0.1, -0.05) is 35.9 Å². The Labute approximate surface area is 149 Å². The van der Waals surface area contributed by atoms with Gasteiger partial charge >= 0.3 is 6.03 Å². The lowest BCUT2D eigenvalue weighted by Crippen LogP contribution is -2.37. The monoisotopic (exact) mass is 358 g/mol. The molecule has 1 aliphatic heterocycles. The summed E-state index contributed by atoms with van der Waals surface area (Å²) < 4.78 is 13.2. The molecule has 0 bridgehead atoms. The summed E-state index contributed by atoms with van der Waals surface area (Å²) in [5.74, 6) is -0.462. The number of aryl methyl sites for hydroxylation is 1. The number of benzene rings is 2. The second kappa shape index (κ2) is 7.07. The van der Waals surface area contributed by atoms with E-state index < -0.39 is 12.1 Å². The molecule has 1 N–H and O–H groups in total. The van der Waals surface area contributed by atoms with Gasteiger partial charge in [0.1, 0.15) is 5.82 Å². The number of carbonyl (C=O) groups excluding carboxylic acids is 2. The zero-order chi connectivity index (χ0) is 18.0. The van der Waals surface area contributed by atoms with E-state index in [2.05, 4.69) is 5.32 Å². The maximum absolute atomic E-state index is 13.2. The van der Waals surface area contributed by atoms with Crippen LogP contribution in [0.15, 0.2) is 54.7 Å². The lowest BCUT2D eigenvalue weighted by Gasteiger charge is -2.31. The third-order valence-electron chi connectivity index (χ3n) is 4.07. The minimum absolute atomic E-state index is 0.0908. The number of allylic oxidation sites excluding steroid dienone is 1. The van der Waals surface area contributed by atoms with Gasteiger partial charge in [0.05, 0.1) is 16.8 Å². The van der Waals surface area contributed by atoms with Crippen LogP contribution in [-0.2, 0) is 4.79 Å². The van der Waals surface area contributed by atoms with Crippen LogP contribution in [0.25, 0.3) is 0 Å². The van der Waals surface area contributed by atoms with Crippen LogP contribution in [-0.4, -0.2) is 16.7 Å². The van der Waals surface area contributed by atoms with Crippen molar-refractivity contribution in [2.24, 2.45) is 0 Å².